The summed E-state index contributed by atoms with van der Waals surface area (Å²) < 4.78 is 4.83. The largest absolute Gasteiger partial charge is 0.492 e. The second-order valence-electron chi connectivity index (χ2n) is 3.86. The number of alkyl halides is 1. The number of benzene rings is 1. The summed E-state index contributed by atoms with van der Waals surface area (Å²) in [6.45, 7) is 6.08. The zero-order valence-corrected chi connectivity index (χ0v) is 11.3. The molecule has 1 aromatic carbocycles. The van der Waals surface area contributed by atoms with E-state index in [0.29, 0.717) is 18.0 Å². The summed E-state index contributed by atoms with van der Waals surface area (Å²) in [5.74, 6) is 0.592. The Morgan fingerprint density at radius 3 is 2.62 bits per heavy atom. The van der Waals surface area contributed by atoms with E-state index in [2.05, 4.69) is 21.2 Å². The van der Waals surface area contributed by atoms with E-state index in [1.807, 2.05) is 31.2 Å². The quantitative estimate of drug-likeness (QED) is 0.863. The van der Waals surface area contributed by atoms with Crippen LogP contribution in [0, 0.1) is 0 Å². The fraction of sp³-hybridized carbons (Fsp3) is 0.417. The van der Waals surface area contributed by atoms with Crippen LogP contribution in [0.3, 0.4) is 0 Å². The van der Waals surface area contributed by atoms with Crippen LogP contribution in [0.1, 0.15) is 20.8 Å². The number of amides is 1. The summed E-state index contributed by atoms with van der Waals surface area (Å²) in [6.07, 6.45) is 0. The third-order valence-electron chi connectivity index (χ3n) is 1.98. The van der Waals surface area contributed by atoms with Crippen LogP contribution in [0.2, 0.25) is 0 Å². The van der Waals surface area contributed by atoms with Crippen molar-refractivity contribution in [1.29, 1.82) is 0 Å². The number of carbonyl (C=O) groups excluding carboxylic acids is 1. The van der Waals surface area contributed by atoms with Crippen molar-refractivity contribution in [2.24, 2.45) is 0 Å². The first kappa shape index (κ1) is 13.0. The SMILES string of the molecule is CCOc1ccccc1NC(=O)C(C)(C)Br. The van der Waals surface area contributed by atoms with Crippen molar-refractivity contribution < 1.29 is 9.53 Å². The molecule has 1 amide bonds. The van der Waals surface area contributed by atoms with E-state index in [1.54, 1.807) is 13.8 Å². The van der Waals surface area contributed by atoms with Crippen LogP contribution in [0.15, 0.2) is 24.3 Å². The van der Waals surface area contributed by atoms with E-state index in [9.17, 15) is 4.79 Å². The van der Waals surface area contributed by atoms with Crippen LogP contribution in [0.5, 0.6) is 5.75 Å². The Morgan fingerprint density at radius 1 is 1.44 bits per heavy atom. The molecule has 88 valence electrons. The Balaban J connectivity index is 2.84. The summed E-state index contributed by atoms with van der Waals surface area (Å²) in [5, 5.41) is 2.82. The minimum atomic E-state index is -0.591. The Bertz CT molecular complexity index is 372. The van der Waals surface area contributed by atoms with Crippen LogP contribution in [0.4, 0.5) is 5.69 Å². The zero-order valence-electron chi connectivity index (χ0n) is 9.71. The molecule has 1 N–H and O–H groups in total. The first-order chi connectivity index (χ1) is 7.45. The van der Waals surface area contributed by atoms with Crippen molar-refractivity contribution in [2.75, 3.05) is 11.9 Å². The van der Waals surface area contributed by atoms with Crippen LogP contribution >= 0.6 is 15.9 Å². The maximum atomic E-state index is 11.8. The van der Waals surface area contributed by atoms with Crippen molar-refractivity contribution in [1.82, 2.24) is 0 Å². The van der Waals surface area contributed by atoms with Crippen molar-refractivity contribution in [3.05, 3.63) is 24.3 Å². The molecule has 0 spiro atoms. The van der Waals surface area contributed by atoms with E-state index in [0.717, 1.165) is 0 Å². The maximum absolute atomic E-state index is 11.8. The number of hydrogen-bond acceptors (Lipinski definition) is 2. The third-order valence-corrected chi connectivity index (χ3v) is 2.34. The molecule has 0 unspecified atom stereocenters. The molecule has 0 saturated carbocycles. The monoisotopic (exact) mass is 285 g/mol. The van der Waals surface area contributed by atoms with Gasteiger partial charge in [0.2, 0.25) is 5.91 Å². The van der Waals surface area contributed by atoms with E-state index in [4.69, 9.17) is 4.74 Å². The standard InChI is InChI=1S/C12H16BrNO2/c1-4-16-10-8-6-5-7-9(10)14-11(15)12(2,3)13/h5-8H,4H2,1-3H3,(H,14,15). The average Bonchev–Trinajstić information content (AvgIpc) is 2.20. The number of hydrogen-bond donors (Lipinski definition) is 1. The predicted molar refractivity (Wildman–Crippen MR) is 69.2 cm³/mol. The highest BCUT2D eigenvalue weighted by Gasteiger charge is 2.24. The van der Waals surface area contributed by atoms with Gasteiger partial charge in [-0.25, -0.2) is 0 Å². The zero-order chi connectivity index (χ0) is 12.2. The fourth-order valence-corrected chi connectivity index (χ4v) is 1.22. The molecule has 0 saturated heterocycles. The van der Waals surface area contributed by atoms with Crippen molar-refractivity contribution in [2.45, 2.75) is 25.1 Å². The molecular weight excluding hydrogens is 270 g/mol. The van der Waals surface area contributed by atoms with Gasteiger partial charge in [0.15, 0.2) is 0 Å². The molecule has 0 aliphatic rings. The highest BCUT2D eigenvalue weighted by Crippen LogP contribution is 2.26. The number of carbonyl (C=O) groups is 1. The third kappa shape index (κ3) is 3.52. The van der Waals surface area contributed by atoms with Gasteiger partial charge in [0.05, 0.1) is 16.6 Å². The van der Waals surface area contributed by atoms with E-state index in [-0.39, 0.29) is 5.91 Å². The Kier molecular flexibility index (Phi) is 4.35. The average molecular weight is 286 g/mol. The molecule has 16 heavy (non-hydrogen) atoms. The molecule has 0 atom stereocenters. The van der Waals surface area contributed by atoms with Gasteiger partial charge < -0.3 is 10.1 Å². The molecule has 0 aliphatic carbocycles. The normalized spacial score (nSPS) is 11.0. The van der Waals surface area contributed by atoms with Crippen LogP contribution in [0.25, 0.3) is 0 Å². The van der Waals surface area contributed by atoms with Gasteiger partial charge in [0, 0.05) is 0 Å². The lowest BCUT2D eigenvalue weighted by Gasteiger charge is -2.17. The number of nitrogens with one attached hydrogen (secondary N) is 1. The van der Waals surface area contributed by atoms with Crippen molar-refractivity contribution in [3.63, 3.8) is 0 Å². The highest BCUT2D eigenvalue weighted by molar-refractivity contribution is 9.10. The molecule has 4 heteroatoms. The number of halogens is 1. The number of anilines is 1. The minimum Gasteiger partial charge on any atom is -0.492 e. The molecule has 0 bridgehead atoms. The lowest BCUT2D eigenvalue weighted by atomic mass is 10.2. The van der Waals surface area contributed by atoms with Crippen LogP contribution < -0.4 is 10.1 Å². The maximum Gasteiger partial charge on any atom is 0.240 e. The second kappa shape index (κ2) is 5.34. The summed E-state index contributed by atoms with van der Waals surface area (Å²) in [4.78, 5) is 11.8. The summed E-state index contributed by atoms with van der Waals surface area (Å²) in [6, 6.07) is 7.39. The van der Waals surface area contributed by atoms with E-state index >= 15 is 0 Å². The van der Waals surface area contributed by atoms with Gasteiger partial charge in [-0.1, -0.05) is 28.1 Å². The Morgan fingerprint density at radius 2 is 2.06 bits per heavy atom. The van der Waals surface area contributed by atoms with Crippen LogP contribution in [-0.4, -0.2) is 16.8 Å². The first-order valence-corrected chi connectivity index (χ1v) is 5.96. The molecule has 3 nitrogen and oxygen atoms in total. The van der Waals surface area contributed by atoms with Gasteiger partial charge >= 0.3 is 0 Å². The van der Waals surface area contributed by atoms with Crippen molar-refractivity contribution in [3.8, 4) is 5.75 Å². The molecule has 0 heterocycles. The molecule has 1 rings (SSSR count). The highest BCUT2D eigenvalue weighted by atomic mass is 79.9. The van der Waals surface area contributed by atoms with Gasteiger partial charge in [-0.2, -0.15) is 0 Å². The molecule has 0 aliphatic heterocycles. The lowest BCUT2D eigenvalue weighted by Crippen LogP contribution is -2.31. The van der Waals surface area contributed by atoms with Gasteiger partial charge in [-0.15, -0.1) is 0 Å². The summed E-state index contributed by atoms with van der Waals surface area (Å²) in [7, 11) is 0. The first-order valence-electron chi connectivity index (χ1n) is 5.17. The summed E-state index contributed by atoms with van der Waals surface area (Å²) in [5.41, 5.74) is 0.696. The Labute approximate surface area is 104 Å². The fourth-order valence-electron chi connectivity index (χ4n) is 1.12. The van der Waals surface area contributed by atoms with Crippen LogP contribution in [-0.2, 0) is 4.79 Å². The van der Waals surface area contributed by atoms with Crippen molar-refractivity contribution >= 4 is 27.5 Å². The second-order valence-corrected chi connectivity index (χ2v) is 5.84. The van der Waals surface area contributed by atoms with E-state index < -0.39 is 4.32 Å². The smallest absolute Gasteiger partial charge is 0.240 e. The molecule has 1 aromatic rings. The van der Waals surface area contributed by atoms with E-state index in [1.165, 1.54) is 0 Å². The van der Waals surface area contributed by atoms with Gasteiger partial charge in [0.25, 0.3) is 0 Å². The predicted octanol–water partition coefficient (Wildman–Crippen LogP) is 3.20. The topological polar surface area (TPSA) is 38.3 Å². The summed E-state index contributed by atoms with van der Waals surface area (Å²) >= 11 is 3.31. The lowest BCUT2D eigenvalue weighted by molar-refractivity contribution is -0.117. The Hall–Kier alpha value is -1.03. The van der Waals surface area contributed by atoms with Gasteiger partial charge in [-0.3, -0.25) is 4.79 Å². The molecule has 0 aromatic heterocycles. The molecule has 0 radical (unpaired) electrons. The van der Waals surface area contributed by atoms with Gasteiger partial charge in [0.1, 0.15) is 5.75 Å². The molecular formula is C12H16BrNO2. The number of para-hydroxylation sites is 2. The molecule has 0 fully saturated rings. The number of rotatable bonds is 4. The number of ether oxygens (including phenoxy) is 1. The van der Waals surface area contributed by atoms with Gasteiger partial charge in [-0.05, 0) is 32.9 Å². The minimum absolute atomic E-state index is 0.0975.